The number of carbonyl (C=O) groups excluding carboxylic acids is 1. The van der Waals surface area contributed by atoms with Crippen LogP contribution in [-0.4, -0.2) is 48.4 Å². The molecule has 2 saturated heterocycles. The molecule has 2 atom stereocenters. The molecule has 132 valence electrons. The number of primary amides is 1. The van der Waals surface area contributed by atoms with Crippen LogP contribution in [0.3, 0.4) is 0 Å². The Balaban J connectivity index is 1.62. The molecule has 4 heteroatoms. The van der Waals surface area contributed by atoms with Gasteiger partial charge in [0.05, 0.1) is 0 Å². The molecule has 2 heterocycles. The number of nitrogens with two attached hydrogens (primary N) is 1. The molecule has 2 aliphatic heterocycles. The molecule has 4 nitrogen and oxygen atoms in total. The van der Waals surface area contributed by atoms with Crippen molar-refractivity contribution in [1.82, 2.24) is 9.80 Å². The van der Waals surface area contributed by atoms with Gasteiger partial charge in [-0.2, -0.15) is 0 Å². The Morgan fingerprint density at radius 1 is 1.17 bits per heavy atom. The minimum absolute atomic E-state index is 0.228. The molecule has 0 radical (unpaired) electrons. The highest BCUT2D eigenvalue weighted by atomic mass is 16.1. The SMILES string of the molecule is CC1CCN(C[C@@H]2CCCN([C@@H](C(N)=O)c3ccccc3)C2)CC1. The highest BCUT2D eigenvalue weighted by molar-refractivity contribution is 5.81. The van der Waals surface area contributed by atoms with Crippen LogP contribution < -0.4 is 5.73 Å². The van der Waals surface area contributed by atoms with Gasteiger partial charge in [-0.1, -0.05) is 37.3 Å². The summed E-state index contributed by atoms with van der Waals surface area (Å²) >= 11 is 0. The van der Waals surface area contributed by atoms with Crippen molar-refractivity contribution in [2.75, 3.05) is 32.7 Å². The second kappa shape index (κ2) is 8.13. The lowest BCUT2D eigenvalue weighted by atomic mass is 9.92. The van der Waals surface area contributed by atoms with Crippen LogP contribution in [0.1, 0.15) is 44.2 Å². The van der Waals surface area contributed by atoms with Gasteiger partial charge in [0.25, 0.3) is 0 Å². The summed E-state index contributed by atoms with van der Waals surface area (Å²) in [5, 5.41) is 0. The van der Waals surface area contributed by atoms with Crippen LogP contribution in [0.4, 0.5) is 0 Å². The Bertz CT molecular complexity index is 525. The lowest BCUT2D eigenvalue weighted by Gasteiger charge is -2.40. The van der Waals surface area contributed by atoms with E-state index in [-0.39, 0.29) is 11.9 Å². The molecule has 0 spiro atoms. The van der Waals surface area contributed by atoms with Crippen molar-refractivity contribution in [3.8, 4) is 0 Å². The fraction of sp³-hybridized carbons (Fsp3) is 0.650. The fourth-order valence-corrected chi connectivity index (χ4v) is 4.28. The van der Waals surface area contributed by atoms with Crippen molar-refractivity contribution < 1.29 is 4.79 Å². The summed E-state index contributed by atoms with van der Waals surface area (Å²) in [7, 11) is 0. The number of carbonyl (C=O) groups is 1. The summed E-state index contributed by atoms with van der Waals surface area (Å²) in [5.74, 6) is 1.30. The summed E-state index contributed by atoms with van der Waals surface area (Å²) in [6.07, 6.45) is 5.07. The van der Waals surface area contributed by atoms with E-state index in [1.807, 2.05) is 30.3 Å². The van der Waals surface area contributed by atoms with E-state index < -0.39 is 0 Å². The predicted octanol–water partition coefficient (Wildman–Crippen LogP) is 2.66. The van der Waals surface area contributed by atoms with Crippen LogP contribution in [0.5, 0.6) is 0 Å². The quantitative estimate of drug-likeness (QED) is 0.903. The minimum Gasteiger partial charge on any atom is -0.368 e. The maximum Gasteiger partial charge on any atom is 0.239 e. The van der Waals surface area contributed by atoms with E-state index in [2.05, 4.69) is 16.7 Å². The standard InChI is InChI=1S/C20H31N3O/c1-16-9-12-22(13-10-16)14-17-6-5-11-23(15-17)19(20(21)24)18-7-3-2-4-8-18/h2-4,7-8,16-17,19H,5-6,9-15H2,1H3,(H2,21,24)/t17-,19+/m0/s1. The maximum absolute atomic E-state index is 12.1. The number of amides is 1. The zero-order valence-corrected chi connectivity index (χ0v) is 14.9. The van der Waals surface area contributed by atoms with Crippen LogP contribution in [0.15, 0.2) is 30.3 Å². The lowest BCUT2D eigenvalue weighted by Crippen LogP contribution is -2.47. The largest absolute Gasteiger partial charge is 0.368 e. The normalized spacial score (nSPS) is 25.5. The third kappa shape index (κ3) is 4.37. The molecule has 2 fully saturated rings. The number of nitrogens with zero attached hydrogens (tertiary/aromatic N) is 2. The molecular formula is C20H31N3O. The smallest absolute Gasteiger partial charge is 0.239 e. The Hall–Kier alpha value is -1.39. The molecule has 0 bridgehead atoms. The van der Waals surface area contributed by atoms with Gasteiger partial charge in [0.15, 0.2) is 0 Å². The first kappa shape index (κ1) is 17.4. The van der Waals surface area contributed by atoms with Gasteiger partial charge in [0, 0.05) is 13.1 Å². The Morgan fingerprint density at radius 3 is 2.54 bits per heavy atom. The molecular weight excluding hydrogens is 298 g/mol. The summed E-state index contributed by atoms with van der Waals surface area (Å²) < 4.78 is 0. The first-order chi connectivity index (χ1) is 11.6. The molecule has 0 aliphatic carbocycles. The van der Waals surface area contributed by atoms with Gasteiger partial charge in [0.2, 0.25) is 5.91 Å². The molecule has 2 N–H and O–H groups in total. The molecule has 24 heavy (non-hydrogen) atoms. The summed E-state index contributed by atoms with van der Waals surface area (Å²) in [6.45, 7) is 7.94. The van der Waals surface area contributed by atoms with E-state index in [9.17, 15) is 4.79 Å². The summed E-state index contributed by atoms with van der Waals surface area (Å²) in [5.41, 5.74) is 6.78. The van der Waals surface area contributed by atoms with E-state index >= 15 is 0 Å². The topological polar surface area (TPSA) is 49.6 Å². The second-order valence-corrected chi connectivity index (χ2v) is 7.70. The van der Waals surface area contributed by atoms with Crippen LogP contribution in [0, 0.1) is 11.8 Å². The fourth-order valence-electron chi connectivity index (χ4n) is 4.28. The third-order valence-electron chi connectivity index (χ3n) is 5.69. The molecule has 3 rings (SSSR count). The summed E-state index contributed by atoms with van der Waals surface area (Å²) in [6, 6.07) is 9.72. The molecule has 0 aromatic heterocycles. The van der Waals surface area contributed by atoms with Gasteiger partial charge in [-0.25, -0.2) is 0 Å². The molecule has 1 aromatic carbocycles. The molecule has 1 amide bonds. The van der Waals surface area contributed by atoms with E-state index in [0.29, 0.717) is 5.92 Å². The molecule has 0 unspecified atom stereocenters. The van der Waals surface area contributed by atoms with Crippen LogP contribution in [0.2, 0.25) is 0 Å². The number of rotatable bonds is 5. The van der Waals surface area contributed by atoms with E-state index in [0.717, 1.165) is 31.0 Å². The van der Waals surface area contributed by atoms with Crippen molar-refractivity contribution in [1.29, 1.82) is 0 Å². The Labute approximate surface area is 146 Å². The zero-order valence-electron chi connectivity index (χ0n) is 14.9. The number of benzene rings is 1. The number of hydrogen-bond donors (Lipinski definition) is 1. The predicted molar refractivity (Wildman–Crippen MR) is 97.5 cm³/mol. The van der Waals surface area contributed by atoms with Crippen molar-refractivity contribution in [2.24, 2.45) is 17.6 Å². The number of hydrogen-bond acceptors (Lipinski definition) is 3. The van der Waals surface area contributed by atoms with Gasteiger partial charge in [0.1, 0.15) is 6.04 Å². The van der Waals surface area contributed by atoms with Gasteiger partial charge < -0.3 is 10.6 Å². The van der Waals surface area contributed by atoms with E-state index in [4.69, 9.17) is 5.73 Å². The zero-order chi connectivity index (χ0) is 16.9. The Kier molecular flexibility index (Phi) is 5.90. The first-order valence-electron chi connectivity index (χ1n) is 9.44. The number of likely N-dealkylation sites (tertiary alicyclic amines) is 2. The lowest BCUT2D eigenvalue weighted by molar-refractivity contribution is -0.124. The van der Waals surface area contributed by atoms with Gasteiger partial charge >= 0.3 is 0 Å². The molecule has 1 aromatic rings. The van der Waals surface area contributed by atoms with Crippen LogP contribution in [-0.2, 0) is 4.79 Å². The maximum atomic E-state index is 12.1. The molecule has 0 saturated carbocycles. The van der Waals surface area contributed by atoms with Crippen molar-refractivity contribution in [2.45, 2.75) is 38.6 Å². The third-order valence-corrected chi connectivity index (χ3v) is 5.69. The minimum atomic E-state index is -0.282. The summed E-state index contributed by atoms with van der Waals surface area (Å²) in [4.78, 5) is 17.0. The highest BCUT2D eigenvalue weighted by Crippen LogP contribution is 2.28. The second-order valence-electron chi connectivity index (χ2n) is 7.70. The van der Waals surface area contributed by atoms with E-state index in [1.165, 1.54) is 38.9 Å². The van der Waals surface area contributed by atoms with Gasteiger partial charge in [-0.15, -0.1) is 0 Å². The number of piperidine rings is 2. The monoisotopic (exact) mass is 329 g/mol. The van der Waals surface area contributed by atoms with Gasteiger partial charge in [-0.3, -0.25) is 9.69 Å². The van der Waals surface area contributed by atoms with Crippen molar-refractivity contribution in [3.05, 3.63) is 35.9 Å². The highest BCUT2D eigenvalue weighted by Gasteiger charge is 2.31. The van der Waals surface area contributed by atoms with Crippen LogP contribution >= 0.6 is 0 Å². The molecule has 2 aliphatic rings. The van der Waals surface area contributed by atoms with Crippen molar-refractivity contribution in [3.63, 3.8) is 0 Å². The average Bonchev–Trinajstić information content (AvgIpc) is 2.58. The Morgan fingerprint density at radius 2 is 1.88 bits per heavy atom. The van der Waals surface area contributed by atoms with Gasteiger partial charge in [-0.05, 0) is 62.7 Å². The van der Waals surface area contributed by atoms with Crippen molar-refractivity contribution >= 4 is 5.91 Å². The average molecular weight is 329 g/mol. The van der Waals surface area contributed by atoms with E-state index in [1.54, 1.807) is 0 Å². The van der Waals surface area contributed by atoms with Crippen LogP contribution in [0.25, 0.3) is 0 Å². The first-order valence-corrected chi connectivity index (χ1v) is 9.44.